The Morgan fingerprint density at radius 3 is 2.11 bits per heavy atom. The molecule has 0 radical (unpaired) electrons. The molecule has 0 saturated heterocycles. The second-order valence-electron chi connectivity index (χ2n) is 3.92. The number of carbonyl (C=O) groups is 1. The van der Waals surface area contributed by atoms with Crippen LogP contribution < -0.4 is 0 Å². The molecule has 0 rings (SSSR count). The molecule has 0 N–H and O–H groups in total. The molecule has 0 bridgehead atoms. The fourth-order valence-electron chi connectivity index (χ4n) is 0.514. The summed E-state index contributed by atoms with van der Waals surface area (Å²) in [4.78, 5) is 10.9. The van der Waals surface area contributed by atoms with Gasteiger partial charge < -0.3 is 9.29 Å². The molecule has 0 spiro atoms. The summed E-state index contributed by atoms with van der Waals surface area (Å²) in [6.07, 6.45) is 3.10. The first-order valence-corrected chi connectivity index (χ1v) is 6.54. The van der Waals surface area contributed by atoms with Crippen LogP contribution in [0.2, 0.25) is 0 Å². The minimum atomic E-state index is -4.41. The number of nitrogens with zero attached hydrogens (tertiary/aromatic N) is 1. The van der Waals surface area contributed by atoms with Crippen LogP contribution >= 0.6 is 0 Å². The van der Waals surface area contributed by atoms with Gasteiger partial charge in [-0.2, -0.15) is 0 Å². The number of carbonyl (C=O) groups excluding carboxylic acids is 1. The van der Waals surface area contributed by atoms with Crippen molar-refractivity contribution in [3.63, 3.8) is 0 Å². The molecule has 0 amide bonds. The van der Waals surface area contributed by atoms with Crippen LogP contribution in [0.25, 0.3) is 0 Å². The van der Waals surface area contributed by atoms with Crippen molar-refractivity contribution in [2.75, 3.05) is 34.5 Å². The zero-order valence-electron chi connectivity index (χ0n) is 11.4. The van der Waals surface area contributed by atoms with Crippen LogP contribution in [0, 0.1) is 0 Å². The molecule has 0 heterocycles. The summed E-state index contributed by atoms with van der Waals surface area (Å²) in [5.74, 6) is -0.267. The molecule has 8 heteroatoms. The molecule has 0 aliphatic heterocycles. The lowest BCUT2D eigenvalue weighted by molar-refractivity contribution is -0.905. The third-order valence-corrected chi connectivity index (χ3v) is 2.33. The van der Waals surface area contributed by atoms with Gasteiger partial charge >= 0.3 is 5.97 Å². The number of allylic oxidation sites excluding steroid dienone is 1. The molecule has 0 atom stereocenters. The highest BCUT2D eigenvalue weighted by molar-refractivity contribution is 7.80. The quantitative estimate of drug-likeness (QED) is 0.179. The van der Waals surface area contributed by atoms with E-state index < -0.39 is 10.4 Å². The molecule has 0 aliphatic carbocycles. The van der Waals surface area contributed by atoms with Gasteiger partial charge in [-0.25, -0.2) is 13.2 Å². The van der Waals surface area contributed by atoms with E-state index in [9.17, 15) is 17.8 Å². The summed E-state index contributed by atoms with van der Waals surface area (Å²) in [5.41, 5.74) is 0. The minimum absolute atomic E-state index is 0.267. The van der Waals surface area contributed by atoms with E-state index in [-0.39, 0.29) is 5.97 Å². The first kappa shape index (κ1) is 19.4. The summed E-state index contributed by atoms with van der Waals surface area (Å²) < 4.78 is 36.7. The van der Waals surface area contributed by atoms with Crippen molar-refractivity contribution in [2.24, 2.45) is 0 Å². The molecule has 0 unspecified atom stereocenters. The third kappa shape index (κ3) is 15.0. The molecular formula is C10H21NO6S. The van der Waals surface area contributed by atoms with E-state index in [2.05, 4.69) is 11.1 Å². The monoisotopic (exact) mass is 283 g/mol. The summed E-state index contributed by atoms with van der Waals surface area (Å²) >= 11 is 0. The Morgan fingerprint density at radius 1 is 1.39 bits per heavy atom. The summed E-state index contributed by atoms with van der Waals surface area (Å²) in [6, 6.07) is 0. The van der Waals surface area contributed by atoms with E-state index in [1.807, 2.05) is 14.1 Å². The molecule has 108 valence electrons. The van der Waals surface area contributed by atoms with E-state index in [0.29, 0.717) is 11.2 Å². The molecule has 18 heavy (non-hydrogen) atoms. The van der Waals surface area contributed by atoms with Crippen LogP contribution in [0.15, 0.2) is 12.2 Å². The maximum absolute atomic E-state index is 10.9. The van der Waals surface area contributed by atoms with Gasteiger partial charge in [-0.1, -0.05) is 6.08 Å². The van der Waals surface area contributed by atoms with Crippen LogP contribution in [0.3, 0.4) is 0 Å². The van der Waals surface area contributed by atoms with Crippen molar-refractivity contribution < 1.29 is 31.2 Å². The lowest BCUT2D eigenvalue weighted by Crippen LogP contribution is -2.41. The van der Waals surface area contributed by atoms with Crippen LogP contribution in [0.1, 0.15) is 13.8 Å². The van der Waals surface area contributed by atoms with E-state index in [4.69, 9.17) is 4.74 Å². The fourth-order valence-corrected chi connectivity index (χ4v) is 0.514. The maximum Gasteiger partial charge on any atom is 0.334 e. The normalized spacial score (nSPS) is 11.9. The summed E-state index contributed by atoms with van der Waals surface area (Å²) in [5, 5.41) is 0. The van der Waals surface area contributed by atoms with Crippen molar-refractivity contribution in [3.05, 3.63) is 12.2 Å². The number of hydrogen-bond donors (Lipinski definition) is 0. The third-order valence-electron chi connectivity index (χ3n) is 1.92. The van der Waals surface area contributed by atoms with Gasteiger partial charge in [-0.05, 0) is 13.8 Å². The molecule has 0 aromatic rings. The topological polar surface area (TPSA) is 92.7 Å². The number of esters is 1. The van der Waals surface area contributed by atoms with Gasteiger partial charge in [0.1, 0.15) is 0 Å². The Balaban J connectivity index is 0. The maximum atomic E-state index is 10.9. The average molecular weight is 283 g/mol. The first-order valence-electron chi connectivity index (χ1n) is 5.21. The molecule has 7 nitrogen and oxygen atoms in total. The van der Waals surface area contributed by atoms with Crippen LogP contribution in [-0.2, 0) is 24.1 Å². The van der Waals surface area contributed by atoms with Crippen LogP contribution in [-0.4, -0.2) is 57.9 Å². The highest BCUT2D eigenvalue weighted by atomic mass is 32.3. The molecule has 0 aromatic carbocycles. The van der Waals surface area contributed by atoms with E-state index in [1.54, 1.807) is 13.0 Å². The van der Waals surface area contributed by atoms with Gasteiger partial charge in [0.2, 0.25) is 17.1 Å². The highest BCUT2D eigenvalue weighted by Gasteiger charge is 2.12. The van der Waals surface area contributed by atoms with Crippen molar-refractivity contribution >= 4 is 16.4 Å². The zero-order chi connectivity index (χ0) is 14.8. The molecule has 0 aliphatic rings. The van der Waals surface area contributed by atoms with Crippen molar-refractivity contribution in [1.29, 1.82) is 0 Å². The SMILES string of the molecule is CC=CC(=O)OC[N+](C)(C)CC.COS(=O)(=O)[O-]. The second kappa shape index (κ2) is 9.03. The lowest BCUT2D eigenvalue weighted by atomic mass is 10.5. The Hall–Kier alpha value is -0.960. The van der Waals surface area contributed by atoms with E-state index in [1.165, 1.54) is 6.08 Å². The summed E-state index contributed by atoms with van der Waals surface area (Å²) in [6.45, 7) is 5.23. The number of rotatable bonds is 5. The van der Waals surface area contributed by atoms with Gasteiger partial charge in [0, 0.05) is 6.08 Å². The van der Waals surface area contributed by atoms with E-state index >= 15 is 0 Å². The van der Waals surface area contributed by atoms with Gasteiger partial charge in [0.25, 0.3) is 0 Å². The highest BCUT2D eigenvalue weighted by Crippen LogP contribution is 1.96. The smallest absolute Gasteiger partial charge is 0.334 e. The van der Waals surface area contributed by atoms with Crippen molar-refractivity contribution in [1.82, 2.24) is 0 Å². The number of ether oxygens (including phenoxy) is 1. The van der Waals surface area contributed by atoms with Crippen LogP contribution in [0.4, 0.5) is 0 Å². The standard InChI is InChI=1S/C9H18NO2.CH4O4S/c1-5-7-9(11)12-8-10(3,4)6-2;1-5-6(2,3)4/h5,7H,6,8H2,1-4H3;1H3,(H,2,3,4)/q+1;/p-1. The largest absolute Gasteiger partial charge is 0.726 e. The first-order chi connectivity index (χ1) is 8.08. The minimum Gasteiger partial charge on any atom is -0.726 e. The molecule has 0 fully saturated rings. The lowest BCUT2D eigenvalue weighted by Gasteiger charge is -2.26. The number of hydrogen-bond acceptors (Lipinski definition) is 6. The Bertz CT molecular complexity index is 361. The Labute approximate surface area is 109 Å². The summed E-state index contributed by atoms with van der Waals surface area (Å²) in [7, 11) is 0.429. The van der Waals surface area contributed by atoms with Crippen molar-refractivity contribution in [2.45, 2.75) is 13.8 Å². The van der Waals surface area contributed by atoms with Crippen molar-refractivity contribution in [3.8, 4) is 0 Å². The molecule has 0 saturated carbocycles. The van der Waals surface area contributed by atoms with Crippen LogP contribution in [0.5, 0.6) is 0 Å². The fraction of sp³-hybridized carbons (Fsp3) is 0.700. The predicted octanol–water partition coefficient (Wildman–Crippen LogP) is 0.253. The van der Waals surface area contributed by atoms with Gasteiger partial charge in [0.15, 0.2) is 0 Å². The zero-order valence-corrected chi connectivity index (χ0v) is 12.2. The molecule has 0 aromatic heterocycles. The second-order valence-corrected chi connectivity index (χ2v) is 5.07. The molecular weight excluding hydrogens is 262 g/mol. The Kier molecular flexibility index (Phi) is 9.73. The van der Waals surface area contributed by atoms with Gasteiger partial charge in [-0.15, -0.1) is 0 Å². The predicted molar refractivity (Wildman–Crippen MR) is 65.1 cm³/mol. The van der Waals surface area contributed by atoms with E-state index in [0.717, 1.165) is 13.7 Å². The average Bonchev–Trinajstić information content (AvgIpc) is 2.27. The van der Waals surface area contributed by atoms with Gasteiger partial charge in [0.05, 0.1) is 27.7 Å². The number of quaternary nitrogens is 1. The Morgan fingerprint density at radius 2 is 1.83 bits per heavy atom. The van der Waals surface area contributed by atoms with Gasteiger partial charge in [-0.3, -0.25) is 8.67 Å².